The lowest BCUT2D eigenvalue weighted by Gasteiger charge is -1.97. The van der Waals surface area contributed by atoms with Crippen molar-refractivity contribution >= 4 is 18.6 Å². The summed E-state index contributed by atoms with van der Waals surface area (Å²) in [6.07, 6.45) is 0.985. The first-order valence-electron chi connectivity index (χ1n) is 2.68. The number of hydrogen-bond acceptors (Lipinski definition) is 3. The van der Waals surface area contributed by atoms with Crippen LogP contribution in [0, 0.1) is 0 Å². The molecule has 2 N–H and O–H groups in total. The average Bonchev–Trinajstić information content (AvgIpc) is 1.97. The van der Waals surface area contributed by atoms with Gasteiger partial charge < -0.3 is 15.4 Å². The van der Waals surface area contributed by atoms with Crippen LogP contribution in [0.25, 0.3) is 0 Å². The maximum Gasteiger partial charge on any atom is 0.239 e. The van der Waals surface area contributed by atoms with Crippen LogP contribution in [0.2, 0.25) is 0 Å². The maximum absolute atomic E-state index is 10.5. The number of amides is 2. The minimum absolute atomic E-state index is 0.0145. The molecule has 0 fully saturated rings. The monoisotopic (exact) mass is 144 g/mol. The molecule has 0 radical (unpaired) electrons. The van der Waals surface area contributed by atoms with E-state index >= 15 is 0 Å². The number of nitrogens with one attached hydrogen (secondary N) is 2. The van der Waals surface area contributed by atoms with Crippen LogP contribution < -0.4 is 10.6 Å². The summed E-state index contributed by atoms with van der Waals surface area (Å²) in [6, 6.07) is 0. The Labute approximate surface area is 57.8 Å². The second kappa shape index (κ2) is 5.74. The van der Waals surface area contributed by atoms with Gasteiger partial charge in [-0.1, -0.05) is 0 Å². The molecule has 0 bridgehead atoms. The van der Waals surface area contributed by atoms with Crippen molar-refractivity contribution in [1.29, 1.82) is 0 Å². The van der Waals surface area contributed by atoms with Crippen LogP contribution in [0.4, 0.5) is 0 Å². The topological polar surface area (TPSA) is 75.3 Å². The molecule has 0 atom stereocenters. The lowest BCUT2D eigenvalue weighted by Crippen LogP contribution is -2.34. The highest BCUT2D eigenvalue weighted by Crippen LogP contribution is 1.58. The van der Waals surface area contributed by atoms with Crippen LogP contribution in [-0.4, -0.2) is 31.7 Å². The second-order valence-electron chi connectivity index (χ2n) is 1.47. The molecule has 0 aromatic carbocycles. The molecule has 0 aliphatic carbocycles. The fourth-order valence-corrected chi connectivity index (χ4v) is 0.352. The van der Waals surface area contributed by atoms with Gasteiger partial charge in [0.1, 0.15) is 6.29 Å². The van der Waals surface area contributed by atoms with Gasteiger partial charge in [-0.05, 0) is 0 Å². The third-order valence-corrected chi connectivity index (χ3v) is 0.729. The summed E-state index contributed by atoms with van der Waals surface area (Å²) in [5.74, 6) is -0.376. The largest absolute Gasteiger partial charge is 0.350 e. The van der Waals surface area contributed by atoms with E-state index in [4.69, 9.17) is 0 Å². The van der Waals surface area contributed by atoms with Gasteiger partial charge in [-0.2, -0.15) is 0 Å². The minimum atomic E-state index is -0.376. The molecule has 0 aliphatic rings. The molecule has 0 spiro atoms. The van der Waals surface area contributed by atoms with E-state index in [1.165, 1.54) is 0 Å². The zero-order chi connectivity index (χ0) is 7.82. The Bertz CT molecular complexity index is 121. The maximum atomic E-state index is 10.5. The highest BCUT2D eigenvalue weighted by molar-refractivity contribution is 5.81. The molecule has 0 saturated heterocycles. The Balaban J connectivity index is 3.24. The van der Waals surface area contributed by atoms with Gasteiger partial charge in [0.2, 0.25) is 12.3 Å². The van der Waals surface area contributed by atoms with Crippen molar-refractivity contribution in [2.45, 2.75) is 0 Å². The Morgan fingerprint density at radius 1 is 1.40 bits per heavy atom. The number of aldehydes is 1. The summed E-state index contributed by atoms with van der Waals surface area (Å²) in [4.78, 5) is 29.8. The summed E-state index contributed by atoms with van der Waals surface area (Å²) in [5, 5.41) is 4.39. The second-order valence-corrected chi connectivity index (χ2v) is 1.47. The van der Waals surface area contributed by atoms with Gasteiger partial charge in [-0.3, -0.25) is 9.59 Å². The minimum Gasteiger partial charge on any atom is -0.350 e. The van der Waals surface area contributed by atoms with Gasteiger partial charge in [0.05, 0.1) is 13.1 Å². The number of carbonyl (C=O) groups is 3. The smallest absolute Gasteiger partial charge is 0.239 e. The molecule has 0 aromatic heterocycles. The fraction of sp³-hybridized carbons (Fsp3) is 0.400. The molecule has 0 unspecified atom stereocenters. The molecule has 0 aromatic rings. The molecule has 0 heterocycles. The average molecular weight is 144 g/mol. The van der Waals surface area contributed by atoms with Gasteiger partial charge in [-0.25, -0.2) is 0 Å². The zero-order valence-electron chi connectivity index (χ0n) is 5.29. The van der Waals surface area contributed by atoms with E-state index in [9.17, 15) is 14.4 Å². The van der Waals surface area contributed by atoms with Crippen LogP contribution in [0.15, 0.2) is 0 Å². The molecule has 0 saturated carbocycles. The summed E-state index contributed by atoms with van der Waals surface area (Å²) in [5.41, 5.74) is 0. The standard InChI is InChI=1S/C5H8N2O3/c8-2-1-7-5(10)3-6-4-9/h2,4H,1,3H2,(H,6,9)(H,7,10). The molecule has 0 aliphatic heterocycles. The van der Waals surface area contributed by atoms with Crippen LogP contribution >= 0.6 is 0 Å². The van der Waals surface area contributed by atoms with Crippen molar-refractivity contribution in [2.24, 2.45) is 0 Å². The lowest BCUT2D eigenvalue weighted by atomic mass is 10.5. The molecule has 10 heavy (non-hydrogen) atoms. The Morgan fingerprint density at radius 3 is 2.60 bits per heavy atom. The third-order valence-electron chi connectivity index (χ3n) is 0.729. The highest BCUT2D eigenvalue weighted by Gasteiger charge is 1.95. The van der Waals surface area contributed by atoms with Crippen molar-refractivity contribution in [3.05, 3.63) is 0 Å². The number of carbonyl (C=O) groups excluding carboxylic acids is 3. The quantitative estimate of drug-likeness (QED) is 0.440. The summed E-state index contributed by atoms with van der Waals surface area (Å²) < 4.78 is 0. The van der Waals surface area contributed by atoms with Crippen molar-refractivity contribution in [2.75, 3.05) is 13.1 Å². The van der Waals surface area contributed by atoms with E-state index in [1.54, 1.807) is 0 Å². The van der Waals surface area contributed by atoms with Gasteiger partial charge in [0, 0.05) is 0 Å². The first-order chi connectivity index (χ1) is 4.81. The molecule has 5 heteroatoms. The summed E-state index contributed by atoms with van der Waals surface area (Å²) in [7, 11) is 0. The highest BCUT2D eigenvalue weighted by atomic mass is 16.2. The van der Waals surface area contributed by atoms with Crippen LogP contribution in [0.5, 0.6) is 0 Å². The van der Waals surface area contributed by atoms with Gasteiger partial charge >= 0.3 is 0 Å². The molecule has 2 amide bonds. The normalized spacial score (nSPS) is 8.00. The molecule has 0 rings (SSSR count). The van der Waals surface area contributed by atoms with Crippen LogP contribution in [0.1, 0.15) is 0 Å². The van der Waals surface area contributed by atoms with E-state index in [0.717, 1.165) is 0 Å². The SMILES string of the molecule is O=CCNC(=O)CNC=O. The lowest BCUT2D eigenvalue weighted by molar-refractivity contribution is -0.123. The molecular formula is C5H8N2O3. The molecular weight excluding hydrogens is 136 g/mol. The Kier molecular flexibility index (Phi) is 4.94. The summed E-state index contributed by atoms with van der Waals surface area (Å²) in [6.45, 7) is -0.100. The first-order valence-corrected chi connectivity index (χ1v) is 2.68. The Morgan fingerprint density at radius 2 is 2.10 bits per heavy atom. The third kappa shape index (κ3) is 4.76. The van der Waals surface area contributed by atoms with Crippen molar-refractivity contribution in [3.8, 4) is 0 Å². The van der Waals surface area contributed by atoms with Crippen LogP contribution in [-0.2, 0) is 14.4 Å². The fourth-order valence-electron chi connectivity index (χ4n) is 0.352. The van der Waals surface area contributed by atoms with Gasteiger partial charge in [0.15, 0.2) is 0 Å². The predicted octanol–water partition coefficient (Wildman–Crippen LogP) is -1.95. The van der Waals surface area contributed by atoms with E-state index in [0.29, 0.717) is 12.7 Å². The van der Waals surface area contributed by atoms with E-state index < -0.39 is 0 Å². The number of rotatable bonds is 5. The van der Waals surface area contributed by atoms with E-state index in [2.05, 4.69) is 10.6 Å². The van der Waals surface area contributed by atoms with E-state index in [-0.39, 0.29) is 19.0 Å². The van der Waals surface area contributed by atoms with Crippen LogP contribution in [0.3, 0.4) is 0 Å². The molecule has 5 nitrogen and oxygen atoms in total. The van der Waals surface area contributed by atoms with Crippen molar-refractivity contribution in [3.63, 3.8) is 0 Å². The predicted molar refractivity (Wildman–Crippen MR) is 33.1 cm³/mol. The van der Waals surface area contributed by atoms with Crippen molar-refractivity contribution < 1.29 is 14.4 Å². The Hall–Kier alpha value is -1.39. The first kappa shape index (κ1) is 8.61. The molecule has 56 valence electrons. The number of hydrogen-bond donors (Lipinski definition) is 2. The van der Waals surface area contributed by atoms with E-state index in [1.807, 2.05) is 0 Å². The zero-order valence-corrected chi connectivity index (χ0v) is 5.29. The van der Waals surface area contributed by atoms with Crippen molar-refractivity contribution in [1.82, 2.24) is 10.6 Å². The summed E-state index contributed by atoms with van der Waals surface area (Å²) >= 11 is 0. The van der Waals surface area contributed by atoms with Gasteiger partial charge in [0.25, 0.3) is 0 Å². The van der Waals surface area contributed by atoms with Gasteiger partial charge in [-0.15, -0.1) is 0 Å².